The molecule has 0 aliphatic rings. The summed E-state index contributed by atoms with van der Waals surface area (Å²) >= 11 is 5.69. The van der Waals surface area contributed by atoms with Crippen LogP contribution in [0, 0.1) is 0 Å². The lowest BCUT2D eigenvalue weighted by molar-refractivity contribution is 0.410. The number of hydrogen-bond acceptors (Lipinski definition) is 1. The van der Waals surface area contributed by atoms with Gasteiger partial charge in [0.15, 0.2) is 0 Å². The molecule has 12 heavy (non-hydrogen) atoms. The van der Waals surface area contributed by atoms with Gasteiger partial charge in [-0.3, -0.25) is 0 Å². The van der Waals surface area contributed by atoms with Crippen LogP contribution in [-0.4, -0.2) is 7.11 Å². The predicted octanol–water partition coefficient (Wildman–Crippen LogP) is 2.99. The van der Waals surface area contributed by atoms with E-state index in [0.29, 0.717) is 11.5 Å². The summed E-state index contributed by atoms with van der Waals surface area (Å²) in [6.45, 7) is 3.64. The first-order valence-electron chi connectivity index (χ1n) is 3.69. The summed E-state index contributed by atoms with van der Waals surface area (Å²) in [4.78, 5) is 0. The lowest BCUT2D eigenvalue weighted by Gasteiger charge is -2.06. The Hall–Kier alpha value is -0.950. The van der Waals surface area contributed by atoms with Crippen molar-refractivity contribution in [1.82, 2.24) is 0 Å². The van der Waals surface area contributed by atoms with Crippen molar-refractivity contribution in [3.05, 3.63) is 41.4 Å². The van der Waals surface area contributed by atoms with Crippen LogP contribution >= 0.6 is 11.6 Å². The number of halogens is 1. The highest BCUT2D eigenvalue weighted by Crippen LogP contribution is 2.20. The summed E-state index contributed by atoms with van der Waals surface area (Å²) < 4.78 is 5.15. The third-order valence-corrected chi connectivity index (χ3v) is 1.71. The largest absolute Gasteiger partial charge is 0.496 e. The molecule has 0 amide bonds. The van der Waals surface area contributed by atoms with Gasteiger partial charge in [0.2, 0.25) is 0 Å². The molecule has 0 aliphatic heterocycles. The predicted molar refractivity (Wildman–Crippen MR) is 51.7 cm³/mol. The van der Waals surface area contributed by atoms with Crippen LogP contribution in [0.3, 0.4) is 0 Å². The molecule has 1 aromatic rings. The molecule has 0 unspecified atom stereocenters. The van der Waals surface area contributed by atoms with Gasteiger partial charge in [0.1, 0.15) is 5.75 Å². The number of methoxy groups -OCH3 is 1. The molecule has 0 N–H and O–H groups in total. The van der Waals surface area contributed by atoms with Crippen molar-refractivity contribution in [2.45, 2.75) is 6.42 Å². The molecule has 0 fully saturated rings. The van der Waals surface area contributed by atoms with Crippen molar-refractivity contribution in [3.63, 3.8) is 0 Å². The van der Waals surface area contributed by atoms with Crippen LogP contribution in [0.4, 0.5) is 0 Å². The minimum absolute atomic E-state index is 0.625. The van der Waals surface area contributed by atoms with E-state index in [0.717, 1.165) is 11.3 Å². The SMILES string of the molecule is C=C(Cl)Cc1ccccc1OC. The van der Waals surface area contributed by atoms with Gasteiger partial charge in [0, 0.05) is 11.5 Å². The van der Waals surface area contributed by atoms with Gasteiger partial charge in [-0.25, -0.2) is 0 Å². The van der Waals surface area contributed by atoms with E-state index >= 15 is 0 Å². The van der Waals surface area contributed by atoms with Crippen molar-refractivity contribution >= 4 is 11.6 Å². The van der Waals surface area contributed by atoms with Crippen molar-refractivity contribution in [2.75, 3.05) is 7.11 Å². The first-order chi connectivity index (χ1) is 5.74. The van der Waals surface area contributed by atoms with E-state index in [4.69, 9.17) is 16.3 Å². The summed E-state index contributed by atoms with van der Waals surface area (Å²) in [5, 5.41) is 0.625. The van der Waals surface area contributed by atoms with Gasteiger partial charge in [-0.15, -0.1) is 0 Å². The van der Waals surface area contributed by atoms with Crippen LogP contribution in [0.2, 0.25) is 0 Å². The van der Waals surface area contributed by atoms with Crippen molar-refractivity contribution < 1.29 is 4.74 Å². The highest BCUT2D eigenvalue weighted by atomic mass is 35.5. The number of benzene rings is 1. The molecule has 2 heteroatoms. The number of para-hydroxylation sites is 1. The van der Waals surface area contributed by atoms with Crippen molar-refractivity contribution in [1.29, 1.82) is 0 Å². The van der Waals surface area contributed by atoms with Crippen LogP contribution in [0.5, 0.6) is 5.75 Å². The molecule has 0 saturated carbocycles. The molecule has 0 atom stereocenters. The molecule has 0 radical (unpaired) electrons. The first kappa shape index (κ1) is 9.14. The van der Waals surface area contributed by atoms with E-state index in [2.05, 4.69) is 6.58 Å². The Bertz CT molecular complexity index is 281. The summed E-state index contributed by atoms with van der Waals surface area (Å²) in [6, 6.07) is 7.78. The summed E-state index contributed by atoms with van der Waals surface area (Å²) in [5.41, 5.74) is 1.07. The highest BCUT2D eigenvalue weighted by molar-refractivity contribution is 6.29. The molecule has 64 valence electrons. The second-order valence-corrected chi connectivity index (χ2v) is 3.04. The minimum Gasteiger partial charge on any atom is -0.496 e. The van der Waals surface area contributed by atoms with E-state index in [1.54, 1.807) is 7.11 Å². The quantitative estimate of drug-likeness (QED) is 0.699. The molecular weight excluding hydrogens is 172 g/mol. The van der Waals surface area contributed by atoms with Gasteiger partial charge in [-0.1, -0.05) is 36.4 Å². The normalized spacial score (nSPS) is 9.50. The average Bonchev–Trinajstić information content (AvgIpc) is 2.04. The van der Waals surface area contributed by atoms with Gasteiger partial charge in [-0.2, -0.15) is 0 Å². The lowest BCUT2D eigenvalue weighted by Crippen LogP contribution is -1.90. The Kier molecular flexibility index (Phi) is 3.18. The Morgan fingerprint density at radius 2 is 2.17 bits per heavy atom. The van der Waals surface area contributed by atoms with Gasteiger partial charge in [0.25, 0.3) is 0 Å². The standard InChI is InChI=1S/C10H11ClO/c1-8(11)7-9-5-3-4-6-10(9)12-2/h3-6H,1,7H2,2H3. The van der Waals surface area contributed by atoms with Gasteiger partial charge >= 0.3 is 0 Å². The fourth-order valence-electron chi connectivity index (χ4n) is 1.06. The van der Waals surface area contributed by atoms with Crippen molar-refractivity contribution in [3.8, 4) is 5.75 Å². The van der Waals surface area contributed by atoms with Crippen LogP contribution in [-0.2, 0) is 6.42 Å². The highest BCUT2D eigenvalue weighted by Gasteiger charge is 2.01. The fourth-order valence-corrected chi connectivity index (χ4v) is 1.20. The second kappa shape index (κ2) is 4.17. The van der Waals surface area contributed by atoms with Gasteiger partial charge in [-0.05, 0) is 11.6 Å². The molecule has 0 bridgehead atoms. The van der Waals surface area contributed by atoms with E-state index in [9.17, 15) is 0 Å². The van der Waals surface area contributed by atoms with E-state index < -0.39 is 0 Å². The monoisotopic (exact) mass is 182 g/mol. The Labute approximate surface area is 77.6 Å². The fraction of sp³-hybridized carbons (Fsp3) is 0.200. The second-order valence-electron chi connectivity index (χ2n) is 2.51. The molecule has 0 aliphatic carbocycles. The zero-order chi connectivity index (χ0) is 8.97. The molecule has 1 nitrogen and oxygen atoms in total. The van der Waals surface area contributed by atoms with E-state index in [1.165, 1.54) is 0 Å². The average molecular weight is 183 g/mol. The van der Waals surface area contributed by atoms with E-state index in [1.807, 2.05) is 24.3 Å². The molecule has 1 rings (SSSR count). The maximum atomic E-state index is 5.69. The molecule has 0 saturated heterocycles. The van der Waals surface area contributed by atoms with Crippen LogP contribution < -0.4 is 4.74 Å². The molecule has 1 aromatic carbocycles. The van der Waals surface area contributed by atoms with Gasteiger partial charge in [0.05, 0.1) is 7.11 Å². The van der Waals surface area contributed by atoms with E-state index in [-0.39, 0.29) is 0 Å². The number of ether oxygens (including phenoxy) is 1. The minimum atomic E-state index is 0.625. The van der Waals surface area contributed by atoms with Crippen LogP contribution in [0.1, 0.15) is 5.56 Å². The third-order valence-electron chi connectivity index (χ3n) is 1.57. The zero-order valence-corrected chi connectivity index (χ0v) is 7.77. The molecule has 0 spiro atoms. The zero-order valence-electron chi connectivity index (χ0n) is 7.01. The van der Waals surface area contributed by atoms with Crippen LogP contribution in [0.25, 0.3) is 0 Å². The summed E-state index contributed by atoms with van der Waals surface area (Å²) in [5.74, 6) is 0.860. The Morgan fingerprint density at radius 3 is 2.75 bits per heavy atom. The van der Waals surface area contributed by atoms with Gasteiger partial charge < -0.3 is 4.74 Å². The third kappa shape index (κ3) is 2.28. The maximum absolute atomic E-state index is 5.69. The maximum Gasteiger partial charge on any atom is 0.122 e. The first-order valence-corrected chi connectivity index (χ1v) is 4.07. The number of allylic oxidation sites excluding steroid dienone is 1. The Balaban J connectivity index is 2.89. The number of hydrogen-bond donors (Lipinski definition) is 0. The smallest absolute Gasteiger partial charge is 0.122 e. The number of rotatable bonds is 3. The Morgan fingerprint density at radius 1 is 1.50 bits per heavy atom. The summed E-state index contributed by atoms with van der Waals surface area (Å²) in [7, 11) is 1.65. The topological polar surface area (TPSA) is 9.23 Å². The van der Waals surface area contributed by atoms with Crippen molar-refractivity contribution in [2.24, 2.45) is 0 Å². The van der Waals surface area contributed by atoms with Crippen LogP contribution in [0.15, 0.2) is 35.9 Å². The molecular formula is C10H11ClO. The molecule has 0 heterocycles. The molecule has 0 aromatic heterocycles. The summed E-state index contributed by atoms with van der Waals surface area (Å²) in [6.07, 6.45) is 0.658. The lowest BCUT2D eigenvalue weighted by atomic mass is 10.1.